The van der Waals surface area contributed by atoms with Crippen molar-refractivity contribution in [3.8, 4) is 0 Å². The number of rotatable bonds is 9. The van der Waals surface area contributed by atoms with Crippen LogP contribution in [-0.2, 0) is 19.0 Å². The zero-order valence-electron chi connectivity index (χ0n) is 13.1. The second kappa shape index (κ2) is 8.70. The van der Waals surface area contributed by atoms with Crippen molar-refractivity contribution in [2.75, 3.05) is 19.8 Å². The van der Waals surface area contributed by atoms with Crippen LogP contribution in [0.1, 0.15) is 33.1 Å². The van der Waals surface area contributed by atoms with Gasteiger partial charge in [-0.2, -0.15) is 0 Å². The molecular formula is C13H27BN2O5. The molecule has 1 aliphatic rings. The van der Waals surface area contributed by atoms with Gasteiger partial charge in [0.2, 0.25) is 0 Å². The second-order valence-corrected chi connectivity index (χ2v) is 5.76. The van der Waals surface area contributed by atoms with Crippen molar-refractivity contribution < 1.29 is 24.0 Å². The molecule has 0 saturated carbocycles. The lowest BCUT2D eigenvalue weighted by Crippen LogP contribution is -2.46. The summed E-state index contributed by atoms with van der Waals surface area (Å²) in [6, 6.07) is -0.535. The largest absolute Gasteiger partial charge is 0.462 e. The van der Waals surface area contributed by atoms with Crippen LogP contribution >= 0.6 is 0 Å². The highest BCUT2D eigenvalue weighted by Gasteiger charge is 2.34. The maximum absolute atomic E-state index is 12.1. The fourth-order valence-corrected chi connectivity index (χ4v) is 2.17. The number of carbonyl (C=O) groups excluding carboxylic acids is 1. The molecule has 1 unspecified atom stereocenters. The number of unbranched alkanes of at least 4 members (excludes halogenated alkanes) is 1. The second-order valence-electron chi connectivity index (χ2n) is 5.76. The van der Waals surface area contributed by atoms with E-state index in [9.17, 15) is 9.82 Å². The molecule has 21 heavy (non-hydrogen) atoms. The van der Waals surface area contributed by atoms with Crippen molar-refractivity contribution in [2.24, 2.45) is 5.73 Å². The Balaban J connectivity index is 2.37. The van der Waals surface area contributed by atoms with E-state index in [1.165, 1.54) is 0 Å². The van der Waals surface area contributed by atoms with Crippen molar-refractivity contribution >= 4 is 13.0 Å². The summed E-state index contributed by atoms with van der Waals surface area (Å²) in [7, 11) is -0.773. The van der Waals surface area contributed by atoms with E-state index >= 15 is 0 Å². The van der Waals surface area contributed by atoms with Gasteiger partial charge in [0.1, 0.15) is 12.7 Å². The summed E-state index contributed by atoms with van der Waals surface area (Å²) in [5.74, 6) is -1.02. The molecule has 122 valence electrons. The van der Waals surface area contributed by atoms with E-state index in [0.717, 1.165) is 12.8 Å². The van der Waals surface area contributed by atoms with E-state index < -0.39 is 18.9 Å². The number of carbonyl (C=O) groups is 1. The lowest BCUT2D eigenvalue weighted by atomic mass is 9.86. The summed E-state index contributed by atoms with van der Waals surface area (Å²) in [4.78, 5) is 12.1. The third-order valence-corrected chi connectivity index (χ3v) is 3.15. The molecule has 0 aromatic rings. The number of esters is 1. The van der Waals surface area contributed by atoms with Gasteiger partial charge in [0.25, 0.3) is 0 Å². The Hall–Kier alpha value is -0.665. The number of nitrogens with two attached hydrogens (primary N) is 1. The monoisotopic (exact) mass is 302 g/mol. The molecule has 0 radical (unpaired) electrons. The van der Waals surface area contributed by atoms with Gasteiger partial charge in [-0.25, -0.2) is 0 Å². The van der Waals surface area contributed by atoms with Crippen LogP contribution in [-0.4, -0.2) is 55.7 Å². The van der Waals surface area contributed by atoms with Gasteiger partial charge >= 0.3 is 13.0 Å². The maximum Gasteiger partial charge on any atom is 0.374 e. The summed E-state index contributed by atoms with van der Waals surface area (Å²) < 4.78 is 16.2. The Morgan fingerprint density at radius 3 is 2.81 bits per heavy atom. The van der Waals surface area contributed by atoms with E-state index in [1.807, 2.05) is 13.8 Å². The molecule has 0 aliphatic carbocycles. The highest BCUT2D eigenvalue weighted by molar-refractivity contribution is 6.46. The molecule has 1 rings (SSSR count). The summed E-state index contributed by atoms with van der Waals surface area (Å²) in [6.45, 7) is 6.34. The smallest absolute Gasteiger partial charge is 0.374 e. The predicted molar refractivity (Wildman–Crippen MR) is 79.5 cm³/mol. The van der Waals surface area contributed by atoms with Crippen molar-refractivity contribution in [2.45, 2.75) is 57.9 Å². The molecule has 7 nitrogen and oxygen atoms in total. The summed E-state index contributed by atoms with van der Waals surface area (Å²) in [5.41, 5.74) is 5.44. The van der Waals surface area contributed by atoms with Crippen LogP contribution in [0.4, 0.5) is 0 Å². The Morgan fingerprint density at radius 2 is 2.29 bits per heavy atom. The van der Waals surface area contributed by atoms with Crippen LogP contribution in [0.3, 0.4) is 0 Å². The van der Waals surface area contributed by atoms with Gasteiger partial charge in [0.15, 0.2) is 5.79 Å². The first-order valence-electron chi connectivity index (χ1n) is 7.46. The van der Waals surface area contributed by atoms with Crippen LogP contribution < -0.4 is 11.0 Å². The molecule has 4 N–H and O–H groups in total. The first kappa shape index (κ1) is 18.4. The van der Waals surface area contributed by atoms with Crippen molar-refractivity contribution in [1.82, 2.24) is 5.23 Å². The number of nitrogens with one attached hydrogen (secondary N) is 1. The molecule has 1 fully saturated rings. The lowest BCUT2D eigenvalue weighted by Gasteiger charge is -2.20. The molecule has 0 spiro atoms. The van der Waals surface area contributed by atoms with E-state index in [1.54, 1.807) is 6.82 Å². The standard InChI is InChI=1S/C13H27BN2O5/c1-13(2)20-9-10(21-13)8-19-12(17)11(16-14(3)18)6-4-5-7-15/h10-11,16,18H,4-9,15H2,1-3H3/t10?,11-/m0/s1. The van der Waals surface area contributed by atoms with Crippen molar-refractivity contribution in [3.05, 3.63) is 0 Å². The normalized spacial score (nSPS) is 22.0. The fraction of sp³-hybridized carbons (Fsp3) is 0.923. The Kier molecular flexibility index (Phi) is 7.62. The van der Waals surface area contributed by atoms with Gasteiger partial charge < -0.3 is 30.2 Å². The van der Waals surface area contributed by atoms with Gasteiger partial charge in [-0.3, -0.25) is 4.79 Å². The van der Waals surface area contributed by atoms with Crippen LogP contribution in [0.2, 0.25) is 6.82 Å². The Morgan fingerprint density at radius 1 is 1.57 bits per heavy atom. The molecule has 0 amide bonds. The Labute approximate surface area is 126 Å². The lowest BCUT2D eigenvalue weighted by molar-refractivity contribution is -0.159. The van der Waals surface area contributed by atoms with Gasteiger partial charge in [0.05, 0.1) is 12.6 Å². The third-order valence-electron chi connectivity index (χ3n) is 3.15. The quantitative estimate of drug-likeness (QED) is 0.310. The summed E-state index contributed by atoms with van der Waals surface area (Å²) >= 11 is 0. The molecule has 0 aromatic carbocycles. The molecule has 1 heterocycles. The number of hydrogen-bond donors (Lipinski definition) is 3. The van der Waals surface area contributed by atoms with Gasteiger partial charge in [-0.05, 0) is 40.1 Å². The van der Waals surface area contributed by atoms with E-state index in [2.05, 4.69) is 5.23 Å². The highest BCUT2D eigenvalue weighted by Crippen LogP contribution is 2.22. The molecule has 2 atom stereocenters. The highest BCUT2D eigenvalue weighted by atomic mass is 16.7. The first-order chi connectivity index (χ1) is 9.84. The number of hydrogen-bond acceptors (Lipinski definition) is 7. The minimum atomic E-state index is -0.773. The number of ether oxygens (including phenoxy) is 3. The van der Waals surface area contributed by atoms with Crippen LogP contribution in [0.15, 0.2) is 0 Å². The summed E-state index contributed by atoms with van der Waals surface area (Å²) in [5, 5.41) is 12.2. The minimum absolute atomic E-state index is 0.150. The van der Waals surface area contributed by atoms with Crippen LogP contribution in [0.5, 0.6) is 0 Å². The SMILES string of the molecule is CB(O)N[C@@H](CCCCN)C(=O)OCC1COC(C)(C)O1. The van der Waals surface area contributed by atoms with Crippen LogP contribution in [0, 0.1) is 0 Å². The molecule has 0 aromatic heterocycles. The average Bonchev–Trinajstić information content (AvgIpc) is 2.74. The zero-order valence-corrected chi connectivity index (χ0v) is 13.1. The molecule has 1 aliphatic heterocycles. The van der Waals surface area contributed by atoms with E-state index in [0.29, 0.717) is 19.6 Å². The maximum atomic E-state index is 12.1. The van der Waals surface area contributed by atoms with Crippen molar-refractivity contribution in [3.63, 3.8) is 0 Å². The van der Waals surface area contributed by atoms with E-state index in [4.69, 9.17) is 19.9 Å². The Bertz CT molecular complexity index is 328. The molecular weight excluding hydrogens is 275 g/mol. The molecule has 1 saturated heterocycles. The topological polar surface area (TPSA) is 103 Å². The average molecular weight is 302 g/mol. The first-order valence-corrected chi connectivity index (χ1v) is 7.46. The third kappa shape index (κ3) is 7.24. The summed E-state index contributed by atoms with van der Waals surface area (Å²) in [6.07, 6.45) is 1.96. The van der Waals surface area contributed by atoms with E-state index in [-0.39, 0.29) is 18.7 Å². The van der Waals surface area contributed by atoms with Crippen molar-refractivity contribution in [1.29, 1.82) is 0 Å². The zero-order chi connectivity index (χ0) is 15.9. The molecule has 0 bridgehead atoms. The van der Waals surface area contributed by atoms with Gasteiger partial charge in [-0.15, -0.1) is 0 Å². The molecule has 8 heteroatoms. The fourth-order valence-electron chi connectivity index (χ4n) is 2.17. The van der Waals surface area contributed by atoms with Gasteiger partial charge in [0, 0.05) is 0 Å². The minimum Gasteiger partial charge on any atom is -0.462 e. The van der Waals surface area contributed by atoms with Crippen LogP contribution in [0.25, 0.3) is 0 Å². The van der Waals surface area contributed by atoms with Gasteiger partial charge in [-0.1, -0.05) is 6.42 Å². The predicted octanol–water partition coefficient (Wildman–Crippen LogP) is -0.121.